The molecule has 5 heteroatoms. The monoisotopic (exact) mass is 277 g/mol. The smallest absolute Gasteiger partial charge is 0.178 e. The Bertz CT molecular complexity index is 604. The van der Waals surface area contributed by atoms with Gasteiger partial charge in [0.25, 0.3) is 0 Å². The van der Waals surface area contributed by atoms with Crippen molar-refractivity contribution >= 4 is 17.4 Å². The van der Waals surface area contributed by atoms with Crippen LogP contribution in [0.4, 0.5) is 0 Å². The van der Waals surface area contributed by atoms with Crippen molar-refractivity contribution < 1.29 is 4.42 Å². The summed E-state index contributed by atoms with van der Waals surface area (Å²) in [6.07, 6.45) is 0. The second-order valence-corrected chi connectivity index (χ2v) is 4.48. The van der Waals surface area contributed by atoms with E-state index in [-0.39, 0.29) is 0 Å². The minimum Gasteiger partial charge on any atom is -0.453 e. The second kappa shape index (κ2) is 5.91. The van der Waals surface area contributed by atoms with Crippen molar-refractivity contribution in [3.63, 3.8) is 0 Å². The van der Waals surface area contributed by atoms with E-state index < -0.39 is 0 Å². The van der Waals surface area contributed by atoms with E-state index in [9.17, 15) is 0 Å². The second-order valence-electron chi connectivity index (χ2n) is 4.08. The number of rotatable bonds is 3. The fraction of sp³-hybridized carbons (Fsp3) is 0.214. The van der Waals surface area contributed by atoms with Crippen LogP contribution in [0.3, 0.4) is 0 Å². The van der Waals surface area contributed by atoms with Gasteiger partial charge in [-0.3, -0.25) is 4.99 Å². The molecule has 0 aliphatic rings. The van der Waals surface area contributed by atoms with Crippen molar-refractivity contribution in [2.45, 2.75) is 6.92 Å². The quantitative estimate of drug-likeness (QED) is 0.515. The van der Waals surface area contributed by atoms with Crippen LogP contribution in [0, 0.1) is 6.92 Å². The zero-order valence-electron chi connectivity index (χ0n) is 11.1. The molecule has 2 N–H and O–H groups in total. The highest BCUT2D eigenvalue weighted by molar-refractivity contribution is 6.31. The third-order valence-electron chi connectivity index (χ3n) is 2.76. The predicted octanol–water partition coefficient (Wildman–Crippen LogP) is 3.01. The molecule has 0 aliphatic heterocycles. The number of hydrogen-bond acceptors (Lipinski definition) is 3. The fourth-order valence-electron chi connectivity index (χ4n) is 1.71. The number of halogens is 1. The van der Waals surface area contributed by atoms with Crippen LogP contribution in [0.15, 0.2) is 39.7 Å². The molecule has 0 radical (unpaired) electrons. The molecule has 1 aromatic heterocycles. The van der Waals surface area contributed by atoms with E-state index in [4.69, 9.17) is 16.0 Å². The summed E-state index contributed by atoms with van der Waals surface area (Å²) in [6, 6.07) is 9.63. The molecule has 0 fully saturated rings. The molecule has 0 amide bonds. The molecular weight excluding hydrogens is 262 g/mol. The molecule has 0 aliphatic carbocycles. The molecular formula is C14H16ClN3O. The van der Waals surface area contributed by atoms with Crippen LogP contribution in [0.1, 0.15) is 11.3 Å². The number of amidine groups is 1. The van der Waals surface area contributed by atoms with Gasteiger partial charge in [-0.05, 0) is 30.7 Å². The average molecular weight is 278 g/mol. The summed E-state index contributed by atoms with van der Waals surface area (Å²) in [7, 11) is 3.47. The Morgan fingerprint density at radius 2 is 2.05 bits per heavy atom. The SMILES string of the molecule is CN=C(NNC)c1ccc(-c2ccc(C)c(Cl)c2)o1. The third kappa shape index (κ3) is 2.97. The van der Waals surface area contributed by atoms with Gasteiger partial charge in [0.2, 0.25) is 0 Å². The summed E-state index contributed by atoms with van der Waals surface area (Å²) in [5.74, 6) is 2.08. The normalized spacial score (nSPS) is 11.7. The van der Waals surface area contributed by atoms with Gasteiger partial charge in [-0.1, -0.05) is 23.7 Å². The highest BCUT2D eigenvalue weighted by Crippen LogP contribution is 2.26. The lowest BCUT2D eigenvalue weighted by molar-refractivity contribution is 0.564. The highest BCUT2D eigenvalue weighted by atomic mass is 35.5. The maximum absolute atomic E-state index is 6.12. The first-order valence-electron chi connectivity index (χ1n) is 5.92. The van der Waals surface area contributed by atoms with Gasteiger partial charge in [0.05, 0.1) is 0 Å². The van der Waals surface area contributed by atoms with E-state index in [0.29, 0.717) is 11.6 Å². The van der Waals surface area contributed by atoms with E-state index in [2.05, 4.69) is 15.8 Å². The summed E-state index contributed by atoms with van der Waals surface area (Å²) in [5, 5.41) is 0.730. The van der Waals surface area contributed by atoms with Gasteiger partial charge in [0.15, 0.2) is 11.6 Å². The largest absolute Gasteiger partial charge is 0.453 e. The van der Waals surface area contributed by atoms with E-state index >= 15 is 0 Å². The van der Waals surface area contributed by atoms with Crippen LogP contribution in [0.25, 0.3) is 11.3 Å². The van der Waals surface area contributed by atoms with E-state index in [1.165, 1.54) is 0 Å². The van der Waals surface area contributed by atoms with Crippen molar-refractivity contribution in [1.82, 2.24) is 10.9 Å². The van der Waals surface area contributed by atoms with E-state index in [0.717, 1.165) is 21.9 Å². The molecule has 0 unspecified atom stereocenters. The number of benzene rings is 1. The Kier molecular flexibility index (Phi) is 4.24. The molecule has 0 saturated carbocycles. The standard InChI is InChI=1S/C14H16ClN3O/c1-9-4-5-10(8-11(9)15)12-6-7-13(19-12)14(16-2)18-17-3/h4-8,17H,1-3H3,(H,16,18). The number of aliphatic imine (C=N–C) groups is 1. The van der Waals surface area contributed by atoms with Crippen LogP contribution in [-0.2, 0) is 0 Å². The van der Waals surface area contributed by atoms with Gasteiger partial charge < -0.3 is 9.84 Å². The molecule has 1 aromatic carbocycles. The zero-order valence-corrected chi connectivity index (χ0v) is 11.9. The topological polar surface area (TPSA) is 49.6 Å². The molecule has 0 saturated heterocycles. The van der Waals surface area contributed by atoms with Crippen LogP contribution < -0.4 is 10.9 Å². The molecule has 0 bridgehead atoms. The molecule has 2 aromatic rings. The Morgan fingerprint density at radius 1 is 1.26 bits per heavy atom. The van der Waals surface area contributed by atoms with E-state index in [1.807, 2.05) is 37.3 Å². The van der Waals surface area contributed by atoms with Crippen molar-refractivity contribution in [3.8, 4) is 11.3 Å². The number of nitrogens with one attached hydrogen (secondary N) is 2. The molecule has 1 heterocycles. The number of furan rings is 1. The minimum absolute atomic E-state index is 0.645. The Hall–Kier alpha value is -1.78. The van der Waals surface area contributed by atoms with Gasteiger partial charge in [0, 0.05) is 24.7 Å². The van der Waals surface area contributed by atoms with Gasteiger partial charge >= 0.3 is 0 Å². The van der Waals surface area contributed by atoms with Crippen molar-refractivity contribution in [3.05, 3.63) is 46.7 Å². The van der Waals surface area contributed by atoms with Crippen molar-refractivity contribution in [2.24, 2.45) is 4.99 Å². The Labute approximate surface area is 117 Å². The summed E-state index contributed by atoms with van der Waals surface area (Å²) >= 11 is 6.12. The Morgan fingerprint density at radius 3 is 2.68 bits per heavy atom. The minimum atomic E-state index is 0.645. The summed E-state index contributed by atoms with van der Waals surface area (Å²) in [4.78, 5) is 4.11. The Balaban J connectivity index is 2.32. The first-order valence-corrected chi connectivity index (χ1v) is 6.29. The van der Waals surface area contributed by atoms with Crippen LogP contribution >= 0.6 is 11.6 Å². The lowest BCUT2D eigenvalue weighted by Gasteiger charge is -2.04. The maximum atomic E-state index is 6.12. The lowest BCUT2D eigenvalue weighted by Crippen LogP contribution is -2.34. The molecule has 4 nitrogen and oxygen atoms in total. The average Bonchev–Trinajstić information content (AvgIpc) is 2.88. The number of aryl methyl sites for hydroxylation is 1. The summed E-state index contributed by atoms with van der Waals surface area (Å²) in [5.41, 5.74) is 7.73. The van der Waals surface area contributed by atoms with Crippen LogP contribution in [0.5, 0.6) is 0 Å². The van der Waals surface area contributed by atoms with Gasteiger partial charge in [-0.2, -0.15) is 0 Å². The van der Waals surface area contributed by atoms with Gasteiger partial charge in [-0.25, -0.2) is 5.43 Å². The summed E-state index contributed by atoms with van der Waals surface area (Å²) < 4.78 is 5.78. The lowest BCUT2D eigenvalue weighted by atomic mass is 10.1. The first kappa shape index (κ1) is 13.6. The zero-order chi connectivity index (χ0) is 13.8. The molecule has 100 valence electrons. The van der Waals surface area contributed by atoms with Crippen molar-refractivity contribution in [1.29, 1.82) is 0 Å². The molecule has 0 spiro atoms. The van der Waals surface area contributed by atoms with Crippen LogP contribution in [-0.4, -0.2) is 19.9 Å². The van der Waals surface area contributed by atoms with Gasteiger partial charge in [-0.15, -0.1) is 0 Å². The number of nitrogens with zero attached hydrogens (tertiary/aromatic N) is 1. The predicted molar refractivity (Wildman–Crippen MR) is 78.5 cm³/mol. The first-order chi connectivity index (χ1) is 9.15. The van der Waals surface area contributed by atoms with E-state index in [1.54, 1.807) is 14.1 Å². The molecule has 0 atom stereocenters. The van der Waals surface area contributed by atoms with Gasteiger partial charge in [0.1, 0.15) is 5.76 Å². The third-order valence-corrected chi connectivity index (χ3v) is 3.17. The molecule has 19 heavy (non-hydrogen) atoms. The van der Waals surface area contributed by atoms with Crippen molar-refractivity contribution in [2.75, 3.05) is 14.1 Å². The maximum Gasteiger partial charge on any atom is 0.178 e. The highest BCUT2D eigenvalue weighted by Gasteiger charge is 2.10. The van der Waals surface area contributed by atoms with Crippen LogP contribution in [0.2, 0.25) is 5.02 Å². The number of hydrazine groups is 1. The fourth-order valence-corrected chi connectivity index (χ4v) is 1.89. The summed E-state index contributed by atoms with van der Waals surface area (Å²) in [6.45, 7) is 1.97. The molecule has 2 rings (SSSR count). The number of hydrogen-bond donors (Lipinski definition) is 2.